The molecule has 1 amide bonds. The smallest absolute Gasteiger partial charge is 0.251 e. The van der Waals surface area contributed by atoms with Crippen molar-refractivity contribution in [1.82, 2.24) is 10.3 Å². The highest BCUT2D eigenvalue weighted by Gasteiger charge is 2.20. The van der Waals surface area contributed by atoms with E-state index >= 15 is 0 Å². The van der Waals surface area contributed by atoms with Crippen LogP contribution in [0.25, 0.3) is 0 Å². The SMILES string of the molecule is CNc1cc(C(=O)NC2CCC(C)CC2)ccn1. The molecule has 2 rings (SSSR count). The molecule has 1 fully saturated rings. The minimum atomic E-state index is 0.00783. The van der Waals surface area contributed by atoms with Gasteiger partial charge < -0.3 is 10.6 Å². The maximum atomic E-state index is 12.1. The van der Waals surface area contributed by atoms with Crippen LogP contribution in [0.4, 0.5) is 5.82 Å². The zero-order valence-electron chi connectivity index (χ0n) is 11.1. The summed E-state index contributed by atoms with van der Waals surface area (Å²) in [4.78, 5) is 16.2. The predicted octanol–water partition coefficient (Wildman–Crippen LogP) is 2.43. The third-order valence-corrected chi connectivity index (χ3v) is 3.63. The van der Waals surface area contributed by atoms with Crippen LogP contribution in [-0.4, -0.2) is 24.0 Å². The summed E-state index contributed by atoms with van der Waals surface area (Å²) in [6.45, 7) is 2.28. The Morgan fingerprint density at radius 1 is 1.33 bits per heavy atom. The van der Waals surface area contributed by atoms with Crippen molar-refractivity contribution in [3.63, 3.8) is 0 Å². The fourth-order valence-corrected chi connectivity index (χ4v) is 2.38. The molecule has 4 nitrogen and oxygen atoms in total. The van der Waals surface area contributed by atoms with Crippen LogP contribution >= 0.6 is 0 Å². The maximum Gasteiger partial charge on any atom is 0.251 e. The lowest BCUT2D eigenvalue weighted by atomic mass is 9.87. The van der Waals surface area contributed by atoms with Crippen molar-refractivity contribution < 1.29 is 4.79 Å². The summed E-state index contributed by atoms with van der Waals surface area (Å²) in [5.41, 5.74) is 0.674. The van der Waals surface area contributed by atoms with Gasteiger partial charge in [0.2, 0.25) is 0 Å². The number of rotatable bonds is 3. The molecule has 18 heavy (non-hydrogen) atoms. The van der Waals surface area contributed by atoms with Crippen molar-refractivity contribution in [3.8, 4) is 0 Å². The number of hydrogen-bond acceptors (Lipinski definition) is 3. The van der Waals surface area contributed by atoms with Gasteiger partial charge in [-0.3, -0.25) is 4.79 Å². The van der Waals surface area contributed by atoms with E-state index in [1.54, 1.807) is 25.4 Å². The van der Waals surface area contributed by atoms with Gasteiger partial charge in [-0.1, -0.05) is 6.92 Å². The van der Waals surface area contributed by atoms with Crippen molar-refractivity contribution in [2.24, 2.45) is 5.92 Å². The summed E-state index contributed by atoms with van der Waals surface area (Å²) in [6, 6.07) is 3.86. The molecule has 0 spiro atoms. The molecular weight excluding hydrogens is 226 g/mol. The van der Waals surface area contributed by atoms with Gasteiger partial charge >= 0.3 is 0 Å². The number of carbonyl (C=O) groups excluding carboxylic acids is 1. The Hall–Kier alpha value is -1.58. The number of nitrogens with zero attached hydrogens (tertiary/aromatic N) is 1. The second kappa shape index (κ2) is 5.85. The highest BCUT2D eigenvalue weighted by atomic mass is 16.1. The molecular formula is C14H21N3O. The molecule has 0 saturated heterocycles. The summed E-state index contributed by atoms with van der Waals surface area (Å²) >= 11 is 0. The fraction of sp³-hybridized carbons (Fsp3) is 0.571. The molecule has 0 radical (unpaired) electrons. The normalized spacial score (nSPS) is 23.4. The first kappa shape index (κ1) is 12.9. The summed E-state index contributed by atoms with van der Waals surface area (Å²) in [5.74, 6) is 1.53. The summed E-state index contributed by atoms with van der Waals surface area (Å²) in [7, 11) is 1.80. The zero-order valence-corrected chi connectivity index (χ0v) is 11.1. The highest BCUT2D eigenvalue weighted by Crippen LogP contribution is 2.23. The Morgan fingerprint density at radius 3 is 2.72 bits per heavy atom. The van der Waals surface area contributed by atoms with Gasteiger partial charge in [-0.25, -0.2) is 4.98 Å². The predicted molar refractivity (Wildman–Crippen MR) is 72.7 cm³/mol. The van der Waals surface area contributed by atoms with Crippen molar-refractivity contribution >= 4 is 11.7 Å². The van der Waals surface area contributed by atoms with Crippen molar-refractivity contribution in [3.05, 3.63) is 23.9 Å². The molecule has 1 aliphatic carbocycles. The third kappa shape index (κ3) is 3.22. The Labute approximate surface area is 108 Å². The maximum absolute atomic E-state index is 12.1. The summed E-state index contributed by atoms with van der Waals surface area (Å²) in [5, 5.41) is 6.05. The van der Waals surface area contributed by atoms with Crippen LogP contribution in [0.2, 0.25) is 0 Å². The van der Waals surface area contributed by atoms with E-state index in [9.17, 15) is 4.79 Å². The molecule has 1 heterocycles. The van der Waals surface area contributed by atoms with E-state index < -0.39 is 0 Å². The quantitative estimate of drug-likeness (QED) is 0.862. The van der Waals surface area contributed by atoms with Gasteiger partial charge in [0.15, 0.2) is 0 Å². The first-order chi connectivity index (χ1) is 8.69. The Bertz CT molecular complexity index is 411. The van der Waals surface area contributed by atoms with Crippen LogP contribution in [0.15, 0.2) is 18.3 Å². The number of carbonyl (C=O) groups is 1. The average Bonchev–Trinajstić information content (AvgIpc) is 2.41. The lowest BCUT2D eigenvalue weighted by Crippen LogP contribution is -2.37. The molecule has 1 aromatic rings. The second-order valence-corrected chi connectivity index (χ2v) is 5.11. The first-order valence-electron chi connectivity index (χ1n) is 6.63. The Balaban J connectivity index is 1.94. The largest absolute Gasteiger partial charge is 0.373 e. The Morgan fingerprint density at radius 2 is 2.06 bits per heavy atom. The van der Waals surface area contributed by atoms with Gasteiger partial charge in [-0.2, -0.15) is 0 Å². The van der Waals surface area contributed by atoms with Crippen LogP contribution in [0.1, 0.15) is 43.0 Å². The van der Waals surface area contributed by atoms with E-state index in [2.05, 4.69) is 22.5 Å². The molecule has 4 heteroatoms. The highest BCUT2D eigenvalue weighted by molar-refractivity contribution is 5.94. The van der Waals surface area contributed by atoms with Crippen LogP contribution in [0, 0.1) is 5.92 Å². The average molecular weight is 247 g/mol. The van der Waals surface area contributed by atoms with Crippen molar-refractivity contribution in [1.29, 1.82) is 0 Å². The number of amides is 1. The second-order valence-electron chi connectivity index (χ2n) is 5.11. The van der Waals surface area contributed by atoms with Crippen LogP contribution in [0.3, 0.4) is 0 Å². The van der Waals surface area contributed by atoms with Gasteiger partial charge in [0.1, 0.15) is 5.82 Å². The number of pyridine rings is 1. The van der Waals surface area contributed by atoms with Crippen LogP contribution in [-0.2, 0) is 0 Å². The van der Waals surface area contributed by atoms with Gasteiger partial charge in [0.05, 0.1) is 0 Å². The fourth-order valence-electron chi connectivity index (χ4n) is 2.38. The zero-order chi connectivity index (χ0) is 13.0. The molecule has 1 saturated carbocycles. The monoisotopic (exact) mass is 247 g/mol. The number of nitrogens with one attached hydrogen (secondary N) is 2. The molecule has 0 bridgehead atoms. The minimum Gasteiger partial charge on any atom is -0.373 e. The van der Waals surface area contributed by atoms with Gasteiger partial charge in [0.25, 0.3) is 5.91 Å². The standard InChI is InChI=1S/C14H21N3O/c1-10-3-5-12(6-4-10)17-14(18)11-7-8-16-13(9-11)15-2/h7-10,12H,3-6H2,1-2H3,(H,15,16)(H,17,18). The van der Waals surface area contributed by atoms with Crippen molar-refractivity contribution in [2.75, 3.05) is 12.4 Å². The summed E-state index contributed by atoms with van der Waals surface area (Å²) in [6.07, 6.45) is 6.27. The van der Waals surface area contributed by atoms with Gasteiger partial charge in [-0.05, 0) is 43.7 Å². The molecule has 98 valence electrons. The van der Waals surface area contributed by atoms with E-state index in [1.807, 2.05) is 0 Å². The molecule has 0 aliphatic heterocycles. The molecule has 0 aromatic carbocycles. The number of anilines is 1. The van der Waals surface area contributed by atoms with Crippen molar-refractivity contribution in [2.45, 2.75) is 38.6 Å². The van der Waals surface area contributed by atoms with E-state index in [0.717, 1.165) is 24.6 Å². The Kier molecular flexibility index (Phi) is 4.18. The molecule has 2 N–H and O–H groups in total. The van der Waals surface area contributed by atoms with E-state index in [-0.39, 0.29) is 5.91 Å². The molecule has 0 unspecified atom stereocenters. The molecule has 1 aromatic heterocycles. The lowest BCUT2D eigenvalue weighted by Gasteiger charge is -2.26. The summed E-state index contributed by atoms with van der Waals surface area (Å²) < 4.78 is 0. The van der Waals surface area contributed by atoms with Gasteiger partial charge in [0, 0.05) is 24.8 Å². The third-order valence-electron chi connectivity index (χ3n) is 3.63. The van der Waals surface area contributed by atoms with E-state index in [4.69, 9.17) is 0 Å². The molecule has 1 aliphatic rings. The van der Waals surface area contributed by atoms with Gasteiger partial charge in [-0.15, -0.1) is 0 Å². The topological polar surface area (TPSA) is 54.0 Å². The number of hydrogen-bond donors (Lipinski definition) is 2. The lowest BCUT2D eigenvalue weighted by molar-refractivity contribution is 0.0923. The first-order valence-corrected chi connectivity index (χ1v) is 6.63. The van der Waals surface area contributed by atoms with E-state index in [0.29, 0.717) is 11.6 Å². The van der Waals surface area contributed by atoms with Crippen LogP contribution < -0.4 is 10.6 Å². The molecule has 0 atom stereocenters. The van der Waals surface area contributed by atoms with Crippen LogP contribution in [0.5, 0.6) is 0 Å². The van der Waals surface area contributed by atoms with E-state index in [1.165, 1.54) is 12.8 Å². The number of aromatic nitrogens is 1. The minimum absolute atomic E-state index is 0.00783.